The summed E-state index contributed by atoms with van der Waals surface area (Å²) in [5.74, 6) is 5.53. The van der Waals surface area contributed by atoms with Gasteiger partial charge in [-0.05, 0) is 20.8 Å². The van der Waals surface area contributed by atoms with Crippen molar-refractivity contribution in [3.63, 3.8) is 0 Å². The third-order valence-corrected chi connectivity index (χ3v) is 1.20. The molecule has 0 aliphatic rings. The van der Waals surface area contributed by atoms with Crippen molar-refractivity contribution in [3.8, 4) is 0 Å². The fourth-order valence-corrected chi connectivity index (χ4v) is 0.443. The van der Waals surface area contributed by atoms with Gasteiger partial charge in [0.25, 0.3) is 0 Å². The van der Waals surface area contributed by atoms with Gasteiger partial charge in [-0.15, -0.1) is 0 Å². The second-order valence-corrected chi connectivity index (χ2v) is 3.09. The van der Waals surface area contributed by atoms with Crippen molar-refractivity contribution >= 4 is 0 Å². The van der Waals surface area contributed by atoms with E-state index < -0.39 is 0 Å². The highest BCUT2D eigenvalue weighted by atomic mass is 16.3. The first kappa shape index (κ1) is 8.88. The van der Waals surface area contributed by atoms with Crippen molar-refractivity contribution < 1.29 is 5.11 Å². The van der Waals surface area contributed by atoms with Crippen LogP contribution in [0.15, 0.2) is 0 Å². The van der Waals surface area contributed by atoms with Crippen LogP contribution in [0.4, 0.5) is 0 Å². The lowest BCUT2D eigenvalue weighted by Crippen LogP contribution is -2.47. The molecule has 0 fully saturated rings. The number of hydrogen-bond donors (Lipinski definition) is 2. The summed E-state index contributed by atoms with van der Waals surface area (Å²) < 4.78 is 0. The van der Waals surface area contributed by atoms with E-state index in [0.717, 1.165) is 0 Å². The van der Waals surface area contributed by atoms with E-state index in [1.807, 2.05) is 20.8 Å². The first-order chi connectivity index (χ1) is 3.98. The molecular formula is C6H16N2O. The largest absolute Gasteiger partial charge is 0.395 e. The Kier molecular flexibility index (Phi) is 3.11. The summed E-state index contributed by atoms with van der Waals surface area (Å²) in [6.45, 7) is 6.66. The lowest BCUT2D eigenvalue weighted by atomic mass is 10.1. The van der Waals surface area contributed by atoms with E-state index in [1.165, 1.54) is 0 Å². The predicted octanol–water partition coefficient (Wildman–Crippen LogP) is -0.0471. The Hall–Kier alpha value is -0.120. The maximum absolute atomic E-state index is 8.48. The van der Waals surface area contributed by atoms with Gasteiger partial charge in [0.05, 0.1) is 6.61 Å². The molecule has 0 unspecified atom stereocenters. The van der Waals surface area contributed by atoms with Crippen LogP contribution in [0, 0.1) is 0 Å². The van der Waals surface area contributed by atoms with Crippen molar-refractivity contribution in [2.24, 2.45) is 5.84 Å². The fourth-order valence-electron chi connectivity index (χ4n) is 0.443. The van der Waals surface area contributed by atoms with Crippen LogP contribution in [0.25, 0.3) is 0 Å². The van der Waals surface area contributed by atoms with Crippen molar-refractivity contribution in [2.75, 3.05) is 13.2 Å². The maximum atomic E-state index is 8.48. The Morgan fingerprint density at radius 3 is 2.00 bits per heavy atom. The second-order valence-electron chi connectivity index (χ2n) is 3.09. The van der Waals surface area contributed by atoms with Gasteiger partial charge in [0.1, 0.15) is 0 Å². The smallest absolute Gasteiger partial charge is 0.0572 e. The molecule has 0 saturated carbocycles. The van der Waals surface area contributed by atoms with Crippen LogP contribution >= 0.6 is 0 Å². The average Bonchev–Trinajstić information content (AvgIpc) is 1.64. The van der Waals surface area contributed by atoms with Crippen LogP contribution in [0.1, 0.15) is 20.8 Å². The van der Waals surface area contributed by atoms with E-state index in [2.05, 4.69) is 0 Å². The molecule has 56 valence electrons. The van der Waals surface area contributed by atoms with Gasteiger partial charge in [-0.3, -0.25) is 5.84 Å². The summed E-state index contributed by atoms with van der Waals surface area (Å²) in [4.78, 5) is 0. The summed E-state index contributed by atoms with van der Waals surface area (Å²) in [6.07, 6.45) is 0. The Bertz CT molecular complexity index is 77.6. The van der Waals surface area contributed by atoms with Crippen molar-refractivity contribution in [2.45, 2.75) is 26.3 Å². The number of hydrazine groups is 1. The molecule has 0 spiro atoms. The Morgan fingerprint density at radius 1 is 1.44 bits per heavy atom. The van der Waals surface area contributed by atoms with Crippen LogP contribution in [0.3, 0.4) is 0 Å². The second kappa shape index (κ2) is 3.15. The van der Waals surface area contributed by atoms with E-state index in [-0.39, 0.29) is 12.1 Å². The van der Waals surface area contributed by atoms with Crippen LogP contribution in [0.2, 0.25) is 0 Å². The van der Waals surface area contributed by atoms with Crippen molar-refractivity contribution in [1.29, 1.82) is 0 Å². The molecule has 0 aliphatic heterocycles. The zero-order chi connectivity index (χ0) is 7.49. The van der Waals surface area contributed by atoms with Gasteiger partial charge < -0.3 is 5.11 Å². The molecule has 0 atom stereocenters. The standard InChI is InChI=1S/C6H16N2O/c1-6(2,3)8(7)4-5-9/h9H,4-5,7H2,1-3H3. The van der Waals surface area contributed by atoms with Gasteiger partial charge in [-0.25, -0.2) is 5.01 Å². The van der Waals surface area contributed by atoms with Crippen LogP contribution < -0.4 is 5.84 Å². The minimum Gasteiger partial charge on any atom is -0.395 e. The lowest BCUT2D eigenvalue weighted by molar-refractivity contribution is 0.107. The number of nitrogens with zero attached hydrogens (tertiary/aromatic N) is 1. The summed E-state index contributed by atoms with van der Waals surface area (Å²) in [5, 5.41) is 10.1. The number of aliphatic hydroxyl groups excluding tert-OH is 1. The minimum atomic E-state index is -0.0390. The zero-order valence-electron chi connectivity index (χ0n) is 6.39. The molecule has 0 heterocycles. The molecule has 0 aromatic heterocycles. The fraction of sp³-hybridized carbons (Fsp3) is 1.00. The molecule has 3 heteroatoms. The van der Waals surface area contributed by atoms with Crippen molar-refractivity contribution in [1.82, 2.24) is 5.01 Å². The summed E-state index contributed by atoms with van der Waals surface area (Å²) in [5.41, 5.74) is -0.0390. The van der Waals surface area contributed by atoms with Gasteiger partial charge in [0.15, 0.2) is 0 Å². The summed E-state index contributed by atoms with van der Waals surface area (Å²) in [7, 11) is 0. The molecule has 3 nitrogen and oxygen atoms in total. The minimum absolute atomic E-state index is 0.0390. The molecule has 0 radical (unpaired) electrons. The Labute approximate surface area is 56.4 Å². The topological polar surface area (TPSA) is 49.5 Å². The maximum Gasteiger partial charge on any atom is 0.0572 e. The molecule has 0 aromatic rings. The monoisotopic (exact) mass is 132 g/mol. The van der Waals surface area contributed by atoms with Gasteiger partial charge in [-0.1, -0.05) is 0 Å². The molecule has 0 aromatic carbocycles. The third kappa shape index (κ3) is 3.46. The van der Waals surface area contributed by atoms with E-state index in [4.69, 9.17) is 10.9 Å². The normalized spacial score (nSPS) is 12.7. The molecule has 0 amide bonds. The van der Waals surface area contributed by atoms with E-state index in [9.17, 15) is 0 Å². The van der Waals surface area contributed by atoms with E-state index >= 15 is 0 Å². The van der Waals surface area contributed by atoms with E-state index in [0.29, 0.717) is 6.54 Å². The number of β-amino-alcohol motifs (C(OH)–C–C–N with tert-alkyl or cyclic N) is 1. The Morgan fingerprint density at radius 2 is 1.89 bits per heavy atom. The third-order valence-electron chi connectivity index (χ3n) is 1.20. The predicted molar refractivity (Wildman–Crippen MR) is 37.7 cm³/mol. The summed E-state index contributed by atoms with van der Waals surface area (Å²) in [6, 6.07) is 0. The number of nitrogens with two attached hydrogens (primary N) is 1. The lowest BCUT2D eigenvalue weighted by Gasteiger charge is -2.30. The number of rotatable bonds is 2. The van der Waals surface area contributed by atoms with Gasteiger partial charge in [0, 0.05) is 12.1 Å². The van der Waals surface area contributed by atoms with Crippen LogP contribution in [-0.4, -0.2) is 28.8 Å². The SMILES string of the molecule is CC(C)(C)N(N)CCO. The first-order valence-corrected chi connectivity index (χ1v) is 3.11. The van der Waals surface area contributed by atoms with Crippen LogP contribution in [-0.2, 0) is 0 Å². The van der Waals surface area contributed by atoms with E-state index in [1.54, 1.807) is 5.01 Å². The molecule has 9 heavy (non-hydrogen) atoms. The number of hydrogen-bond acceptors (Lipinski definition) is 3. The molecule has 0 aliphatic carbocycles. The van der Waals surface area contributed by atoms with Gasteiger partial charge >= 0.3 is 0 Å². The van der Waals surface area contributed by atoms with Crippen molar-refractivity contribution in [3.05, 3.63) is 0 Å². The highest BCUT2D eigenvalue weighted by Gasteiger charge is 2.15. The molecular weight excluding hydrogens is 116 g/mol. The highest BCUT2D eigenvalue weighted by molar-refractivity contribution is 4.70. The quantitative estimate of drug-likeness (QED) is 0.409. The number of aliphatic hydroxyl groups is 1. The first-order valence-electron chi connectivity index (χ1n) is 3.11. The zero-order valence-corrected chi connectivity index (χ0v) is 6.39. The Balaban J connectivity index is 3.59. The molecule has 3 N–H and O–H groups in total. The van der Waals surface area contributed by atoms with Crippen LogP contribution in [0.5, 0.6) is 0 Å². The molecule has 0 rings (SSSR count). The van der Waals surface area contributed by atoms with Gasteiger partial charge in [0.2, 0.25) is 0 Å². The molecule has 0 bridgehead atoms. The van der Waals surface area contributed by atoms with Gasteiger partial charge in [-0.2, -0.15) is 0 Å². The average molecular weight is 132 g/mol. The highest BCUT2D eigenvalue weighted by Crippen LogP contribution is 2.06. The molecule has 0 saturated heterocycles. The summed E-state index contributed by atoms with van der Waals surface area (Å²) >= 11 is 0.